The maximum Gasteiger partial charge on any atom is 0.573 e. The van der Waals surface area contributed by atoms with Gasteiger partial charge in [-0.25, -0.2) is 13.1 Å². The van der Waals surface area contributed by atoms with Gasteiger partial charge in [-0.15, -0.1) is 13.2 Å². The third kappa shape index (κ3) is 7.46. The summed E-state index contributed by atoms with van der Waals surface area (Å²) in [4.78, 5) is 14.3. The number of ether oxygens (including phenoxy) is 2. The fourth-order valence-corrected chi connectivity index (χ4v) is 6.42. The Morgan fingerprint density at radius 3 is 2.24 bits per heavy atom. The molecule has 1 aliphatic carbocycles. The van der Waals surface area contributed by atoms with Crippen LogP contribution in [0.2, 0.25) is 10.0 Å². The number of carbonyl (C=O) groups excluding carboxylic acids is 1. The summed E-state index contributed by atoms with van der Waals surface area (Å²) in [6.07, 6.45) is -0.970. The quantitative estimate of drug-likeness (QED) is 0.436. The van der Waals surface area contributed by atoms with Crippen molar-refractivity contribution in [1.82, 2.24) is 9.62 Å². The number of likely N-dealkylation sites (tertiary alicyclic amines) is 1. The van der Waals surface area contributed by atoms with Crippen molar-refractivity contribution in [2.75, 3.05) is 13.1 Å². The molecule has 13 heteroatoms. The molecule has 7 nitrogen and oxygen atoms in total. The molecule has 0 aromatic heterocycles. The Morgan fingerprint density at radius 1 is 0.947 bits per heavy atom. The highest BCUT2D eigenvalue weighted by Gasteiger charge is 2.36. The van der Waals surface area contributed by atoms with Crippen molar-refractivity contribution in [3.63, 3.8) is 0 Å². The minimum Gasteiger partial charge on any atom is -0.490 e. The Labute approximate surface area is 229 Å². The molecule has 38 heavy (non-hydrogen) atoms. The maximum absolute atomic E-state index is 12.7. The number of piperidine rings is 1. The van der Waals surface area contributed by atoms with E-state index < -0.39 is 38.9 Å². The number of nitrogens with one attached hydrogen (secondary N) is 1. The van der Waals surface area contributed by atoms with Gasteiger partial charge in [0, 0.05) is 31.1 Å². The molecule has 1 saturated heterocycles. The van der Waals surface area contributed by atoms with Gasteiger partial charge in [-0.3, -0.25) is 4.79 Å². The van der Waals surface area contributed by atoms with Crippen molar-refractivity contribution in [3.8, 4) is 11.5 Å². The predicted molar refractivity (Wildman–Crippen MR) is 136 cm³/mol. The number of alkyl halides is 3. The number of carbonyl (C=O) groups is 1. The summed E-state index contributed by atoms with van der Waals surface area (Å²) in [5.74, 6) is -1.49. The van der Waals surface area contributed by atoms with Crippen molar-refractivity contribution in [1.29, 1.82) is 0 Å². The molecule has 1 heterocycles. The van der Waals surface area contributed by atoms with Crippen LogP contribution in [0.25, 0.3) is 0 Å². The lowest BCUT2D eigenvalue weighted by Crippen LogP contribution is -2.46. The molecule has 0 unspecified atom stereocenters. The summed E-state index contributed by atoms with van der Waals surface area (Å²) in [5.41, 5.74) is 0. The van der Waals surface area contributed by atoms with Gasteiger partial charge in [0.25, 0.3) is 10.0 Å². The van der Waals surface area contributed by atoms with E-state index in [1.165, 1.54) is 12.1 Å². The van der Waals surface area contributed by atoms with Crippen LogP contribution in [0.15, 0.2) is 47.4 Å². The highest BCUT2D eigenvalue weighted by atomic mass is 35.5. The number of benzene rings is 2. The van der Waals surface area contributed by atoms with Crippen LogP contribution in [0.4, 0.5) is 13.2 Å². The molecular weight excluding hydrogens is 568 g/mol. The fraction of sp³-hybridized carbons (Fsp3) is 0.480. The summed E-state index contributed by atoms with van der Waals surface area (Å²) in [7, 11) is -4.55. The highest BCUT2D eigenvalue weighted by Crippen LogP contribution is 2.33. The molecule has 0 atom stereocenters. The monoisotopic (exact) mass is 594 g/mol. The number of sulfonamides is 1. The van der Waals surface area contributed by atoms with Gasteiger partial charge in [-0.05, 0) is 62.8 Å². The molecule has 4 rings (SSSR count). The van der Waals surface area contributed by atoms with Crippen LogP contribution < -0.4 is 14.2 Å². The molecule has 2 fully saturated rings. The Balaban J connectivity index is 1.26. The molecule has 0 bridgehead atoms. The molecule has 1 aliphatic heterocycles. The molecular formula is C25H27Cl2F3N2O5S. The topological polar surface area (TPSA) is 84.9 Å². The molecule has 1 N–H and O–H groups in total. The molecule has 2 aliphatic rings. The average molecular weight is 595 g/mol. The van der Waals surface area contributed by atoms with Gasteiger partial charge >= 0.3 is 6.36 Å². The number of amides is 1. The third-order valence-electron chi connectivity index (χ3n) is 6.85. The minimum atomic E-state index is -5.07. The van der Waals surface area contributed by atoms with Gasteiger partial charge in [-0.1, -0.05) is 35.3 Å². The Kier molecular flexibility index (Phi) is 9.01. The van der Waals surface area contributed by atoms with Gasteiger partial charge in [-0.2, -0.15) is 0 Å². The van der Waals surface area contributed by atoms with Gasteiger partial charge < -0.3 is 14.4 Å². The first kappa shape index (κ1) is 28.8. The lowest BCUT2D eigenvalue weighted by Gasteiger charge is -2.40. The van der Waals surface area contributed by atoms with Gasteiger partial charge in [0.2, 0.25) is 5.91 Å². The van der Waals surface area contributed by atoms with Crippen LogP contribution in [-0.4, -0.2) is 50.8 Å². The largest absolute Gasteiger partial charge is 0.573 e. The normalized spacial score (nSPS) is 21.6. The fourth-order valence-electron chi connectivity index (χ4n) is 4.96. The van der Waals surface area contributed by atoms with Crippen LogP contribution >= 0.6 is 23.2 Å². The van der Waals surface area contributed by atoms with E-state index in [2.05, 4.69) is 9.64 Å². The van der Waals surface area contributed by atoms with Crippen LogP contribution in [0.3, 0.4) is 0 Å². The van der Waals surface area contributed by atoms with E-state index in [0.29, 0.717) is 41.5 Å². The summed E-state index contributed by atoms with van der Waals surface area (Å²) < 4.78 is 75.2. The SMILES string of the molecule is O=C(NS(=O)(=O)c1ccccc1OC(F)(F)F)[C@H]1CC[C@H](N2CCC(Oc3ccc(Cl)c(Cl)c3)CC2)CC1. The van der Waals surface area contributed by atoms with Gasteiger partial charge in [0.05, 0.1) is 10.0 Å². The molecule has 0 radical (unpaired) electrons. The van der Waals surface area contributed by atoms with Crippen molar-refractivity contribution >= 4 is 39.1 Å². The van der Waals surface area contributed by atoms with E-state index in [4.69, 9.17) is 27.9 Å². The Hall–Kier alpha value is -2.21. The van der Waals surface area contributed by atoms with E-state index in [1.807, 2.05) is 4.72 Å². The lowest BCUT2D eigenvalue weighted by molar-refractivity contribution is -0.275. The number of hydrogen-bond donors (Lipinski definition) is 1. The second kappa shape index (κ2) is 11.9. The van der Waals surface area contributed by atoms with Crippen molar-refractivity contribution < 1.29 is 35.9 Å². The first-order valence-electron chi connectivity index (χ1n) is 12.2. The predicted octanol–water partition coefficient (Wildman–Crippen LogP) is 5.80. The first-order chi connectivity index (χ1) is 17.9. The van der Waals surface area contributed by atoms with Crippen LogP contribution in [0.5, 0.6) is 11.5 Å². The van der Waals surface area contributed by atoms with E-state index in [0.717, 1.165) is 38.1 Å². The number of nitrogens with zero attached hydrogens (tertiary/aromatic N) is 1. The van der Waals surface area contributed by atoms with Crippen molar-refractivity contribution in [2.45, 2.75) is 61.9 Å². The zero-order valence-electron chi connectivity index (χ0n) is 20.2. The second-order valence-electron chi connectivity index (χ2n) is 9.40. The van der Waals surface area contributed by atoms with E-state index in [1.54, 1.807) is 18.2 Å². The number of halogens is 5. The average Bonchev–Trinajstić information content (AvgIpc) is 2.86. The van der Waals surface area contributed by atoms with Crippen LogP contribution in [-0.2, 0) is 14.8 Å². The first-order valence-corrected chi connectivity index (χ1v) is 14.4. The Bertz CT molecular complexity index is 1250. The number of rotatable bonds is 7. The smallest absolute Gasteiger partial charge is 0.490 e. The molecule has 2 aromatic carbocycles. The number of hydrogen-bond acceptors (Lipinski definition) is 6. The molecule has 1 amide bonds. The van der Waals surface area contributed by atoms with Crippen LogP contribution in [0.1, 0.15) is 38.5 Å². The van der Waals surface area contributed by atoms with Gasteiger partial charge in [0.15, 0.2) is 0 Å². The zero-order chi connectivity index (χ0) is 27.5. The summed E-state index contributed by atoms with van der Waals surface area (Å²) in [6, 6.07) is 9.77. The minimum absolute atomic E-state index is 0.0556. The second-order valence-corrected chi connectivity index (χ2v) is 11.9. The lowest BCUT2D eigenvalue weighted by atomic mass is 9.84. The summed E-state index contributed by atoms with van der Waals surface area (Å²) in [5, 5.41) is 0.907. The third-order valence-corrected chi connectivity index (χ3v) is 8.98. The summed E-state index contributed by atoms with van der Waals surface area (Å²) in [6.45, 7) is 1.66. The van der Waals surface area contributed by atoms with E-state index in [9.17, 15) is 26.4 Å². The van der Waals surface area contributed by atoms with Gasteiger partial charge in [0.1, 0.15) is 22.5 Å². The standard InChI is InChI=1S/C25H27Cl2F3N2O5S/c26-20-10-9-19(15-21(20)27)36-18-11-13-32(14-12-18)17-7-5-16(6-8-17)24(33)31-38(34,35)23-4-2-1-3-22(23)37-25(28,29)30/h1-4,9-10,15-18H,5-8,11-14H2,(H,31,33)/t16-,17-. The molecule has 1 saturated carbocycles. The molecule has 0 spiro atoms. The van der Waals surface area contributed by atoms with Crippen molar-refractivity contribution in [3.05, 3.63) is 52.5 Å². The van der Waals surface area contributed by atoms with Crippen LogP contribution in [0, 0.1) is 5.92 Å². The summed E-state index contributed by atoms with van der Waals surface area (Å²) >= 11 is 12.0. The highest BCUT2D eigenvalue weighted by molar-refractivity contribution is 7.90. The zero-order valence-corrected chi connectivity index (χ0v) is 22.5. The van der Waals surface area contributed by atoms with Crippen molar-refractivity contribution in [2.24, 2.45) is 5.92 Å². The maximum atomic E-state index is 12.7. The molecule has 208 valence electrons. The van der Waals surface area contributed by atoms with E-state index >= 15 is 0 Å². The van der Waals surface area contributed by atoms with E-state index in [-0.39, 0.29) is 12.1 Å². The molecule has 2 aromatic rings. The number of para-hydroxylation sites is 1. The Morgan fingerprint density at radius 2 is 1.61 bits per heavy atom.